The molecule has 0 aliphatic carbocycles. The van der Waals surface area contributed by atoms with E-state index in [2.05, 4.69) is 30.9 Å². The topological polar surface area (TPSA) is 117 Å². The number of rotatable bonds is 6. The predicted octanol–water partition coefficient (Wildman–Crippen LogP) is 4.14. The lowest BCUT2D eigenvalue weighted by atomic mass is 9.99. The van der Waals surface area contributed by atoms with Gasteiger partial charge in [0, 0.05) is 55.2 Å². The van der Waals surface area contributed by atoms with Crippen molar-refractivity contribution in [1.82, 2.24) is 25.1 Å². The molecule has 10 nitrogen and oxygen atoms in total. The average Bonchev–Trinajstić information content (AvgIpc) is 3.39. The number of nitrogens with zero attached hydrogens (tertiary/aromatic N) is 5. The van der Waals surface area contributed by atoms with Crippen LogP contribution in [0.2, 0.25) is 0 Å². The van der Waals surface area contributed by atoms with Gasteiger partial charge in [-0.25, -0.2) is 14.2 Å². The summed E-state index contributed by atoms with van der Waals surface area (Å²) in [5.74, 6) is -0.420. The molecule has 4 aromatic rings. The van der Waals surface area contributed by atoms with E-state index in [-0.39, 0.29) is 22.9 Å². The lowest BCUT2D eigenvalue weighted by Gasteiger charge is -2.28. The standard InChI is InChI=1S/C27H29FN8O2/c1-16(2)36-15-19(13-31-36)32-27(38)34-21-7-5-20(25(28)17(21)3)26(37)18-4-6-22-23(12-18)33-24(14-30-22)35-10-8-29-9-11-35/h4-7,12-16,29H,8-11H2,1-3H3,(H2,32,34,38). The van der Waals surface area contributed by atoms with Gasteiger partial charge in [-0.2, -0.15) is 5.10 Å². The number of urea groups is 1. The van der Waals surface area contributed by atoms with Crippen molar-refractivity contribution in [2.24, 2.45) is 0 Å². The molecule has 0 bridgehead atoms. The van der Waals surface area contributed by atoms with Crippen LogP contribution >= 0.6 is 0 Å². The Bertz CT molecular complexity index is 1510. The predicted molar refractivity (Wildman–Crippen MR) is 144 cm³/mol. The number of carbonyl (C=O) groups is 2. The highest BCUT2D eigenvalue weighted by Gasteiger charge is 2.20. The van der Waals surface area contributed by atoms with Gasteiger partial charge < -0.3 is 20.9 Å². The number of ketones is 1. The minimum absolute atomic E-state index is 0.0859. The summed E-state index contributed by atoms with van der Waals surface area (Å²) in [6.07, 6.45) is 4.98. The van der Waals surface area contributed by atoms with E-state index in [0.29, 0.717) is 22.3 Å². The monoisotopic (exact) mass is 516 g/mol. The van der Waals surface area contributed by atoms with Gasteiger partial charge in [-0.1, -0.05) is 0 Å². The summed E-state index contributed by atoms with van der Waals surface area (Å²) in [6, 6.07) is 7.49. The number of benzene rings is 2. The third-order valence-corrected chi connectivity index (χ3v) is 6.50. The highest BCUT2D eigenvalue weighted by atomic mass is 19.1. The number of fused-ring (bicyclic) bond motifs is 1. The molecular formula is C27H29FN8O2. The Balaban J connectivity index is 1.34. The first-order chi connectivity index (χ1) is 18.3. The van der Waals surface area contributed by atoms with E-state index in [0.717, 1.165) is 32.0 Å². The van der Waals surface area contributed by atoms with E-state index in [4.69, 9.17) is 4.98 Å². The third kappa shape index (κ3) is 5.18. The molecule has 2 aromatic heterocycles. The molecule has 3 heterocycles. The number of anilines is 3. The number of amides is 2. The van der Waals surface area contributed by atoms with E-state index in [1.54, 1.807) is 35.3 Å². The molecule has 2 amide bonds. The normalized spacial score (nSPS) is 13.7. The molecule has 0 radical (unpaired) electrons. The molecule has 5 rings (SSSR count). The van der Waals surface area contributed by atoms with E-state index in [1.165, 1.54) is 25.3 Å². The van der Waals surface area contributed by atoms with Crippen molar-refractivity contribution in [2.45, 2.75) is 26.8 Å². The molecule has 2 aromatic carbocycles. The second kappa shape index (κ2) is 10.5. The Kier molecular flexibility index (Phi) is 7.01. The van der Waals surface area contributed by atoms with Gasteiger partial charge in [0.2, 0.25) is 0 Å². The van der Waals surface area contributed by atoms with Crippen molar-refractivity contribution in [1.29, 1.82) is 0 Å². The van der Waals surface area contributed by atoms with Crippen molar-refractivity contribution in [3.63, 3.8) is 0 Å². The number of hydrogen-bond acceptors (Lipinski definition) is 7. The fourth-order valence-corrected chi connectivity index (χ4v) is 4.31. The summed E-state index contributed by atoms with van der Waals surface area (Å²) >= 11 is 0. The molecule has 1 fully saturated rings. The maximum atomic E-state index is 15.3. The van der Waals surface area contributed by atoms with Crippen LogP contribution < -0.4 is 20.9 Å². The fraction of sp³-hybridized carbons (Fsp3) is 0.296. The molecule has 0 saturated carbocycles. The van der Waals surface area contributed by atoms with Gasteiger partial charge in [0.15, 0.2) is 5.78 Å². The molecule has 1 aliphatic rings. The summed E-state index contributed by atoms with van der Waals surface area (Å²) in [4.78, 5) is 37.0. The average molecular weight is 517 g/mol. The molecule has 11 heteroatoms. The van der Waals surface area contributed by atoms with Crippen molar-refractivity contribution < 1.29 is 14.0 Å². The molecule has 0 unspecified atom stereocenters. The summed E-state index contributed by atoms with van der Waals surface area (Å²) in [7, 11) is 0. The van der Waals surface area contributed by atoms with E-state index < -0.39 is 17.6 Å². The minimum Gasteiger partial charge on any atom is -0.353 e. The van der Waals surface area contributed by atoms with Crippen LogP contribution in [0.5, 0.6) is 0 Å². The van der Waals surface area contributed by atoms with E-state index in [9.17, 15) is 9.59 Å². The molecule has 3 N–H and O–H groups in total. The molecule has 1 saturated heterocycles. The lowest BCUT2D eigenvalue weighted by Crippen LogP contribution is -2.43. The molecule has 1 aliphatic heterocycles. The lowest BCUT2D eigenvalue weighted by molar-refractivity contribution is 0.103. The Morgan fingerprint density at radius 2 is 1.84 bits per heavy atom. The summed E-state index contributed by atoms with van der Waals surface area (Å²) in [5.41, 5.74) is 2.38. The van der Waals surface area contributed by atoms with Gasteiger partial charge in [0.25, 0.3) is 0 Å². The first-order valence-electron chi connectivity index (χ1n) is 12.5. The summed E-state index contributed by atoms with van der Waals surface area (Å²) < 4.78 is 17.1. The molecule has 38 heavy (non-hydrogen) atoms. The van der Waals surface area contributed by atoms with Crippen molar-refractivity contribution >= 4 is 40.0 Å². The van der Waals surface area contributed by atoms with Crippen LogP contribution in [0.3, 0.4) is 0 Å². The maximum Gasteiger partial charge on any atom is 0.323 e. The molecule has 196 valence electrons. The zero-order valence-electron chi connectivity index (χ0n) is 21.5. The zero-order chi connectivity index (χ0) is 26.8. The zero-order valence-corrected chi connectivity index (χ0v) is 21.5. The van der Waals surface area contributed by atoms with Crippen molar-refractivity contribution in [3.05, 3.63) is 71.4 Å². The number of carbonyl (C=O) groups excluding carboxylic acids is 2. The quantitative estimate of drug-likeness (QED) is 0.330. The van der Waals surface area contributed by atoms with E-state index in [1.807, 2.05) is 13.8 Å². The van der Waals surface area contributed by atoms with Gasteiger partial charge in [-0.3, -0.25) is 14.5 Å². The smallest absolute Gasteiger partial charge is 0.323 e. The number of piperazine rings is 1. The second-order valence-corrected chi connectivity index (χ2v) is 9.48. The number of aromatic nitrogens is 4. The van der Waals surface area contributed by atoms with Crippen LogP contribution in [-0.2, 0) is 0 Å². The Labute approximate surface area is 219 Å². The Morgan fingerprint density at radius 3 is 2.58 bits per heavy atom. The van der Waals surface area contributed by atoms with Gasteiger partial charge in [0.05, 0.1) is 34.7 Å². The van der Waals surface area contributed by atoms with Crippen LogP contribution in [0.4, 0.5) is 26.4 Å². The molecule has 0 spiro atoms. The van der Waals surface area contributed by atoms with Crippen LogP contribution in [0.25, 0.3) is 11.0 Å². The largest absolute Gasteiger partial charge is 0.353 e. The van der Waals surface area contributed by atoms with Gasteiger partial charge >= 0.3 is 6.03 Å². The van der Waals surface area contributed by atoms with Gasteiger partial charge in [-0.05, 0) is 51.1 Å². The van der Waals surface area contributed by atoms with Gasteiger partial charge in [0.1, 0.15) is 11.6 Å². The number of hydrogen-bond donors (Lipinski definition) is 3. The van der Waals surface area contributed by atoms with Crippen LogP contribution in [0.15, 0.2) is 48.9 Å². The van der Waals surface area contributed by atoms with E-state index >= 15 is 4.39 Å². The van der Waals surface area contributed by atoms with Crippen LogP contribution in [-0.4, -0.2) is 57.7 Å². The van der Waals surface area contributed by atoms with Gasteiger partial charge in [-0.15, -0.1) is 0 Å². The van der Waals surface area contributed by atoms with Crippen molar-refractivity contribution in [2.75, 3.05) is 41.7 Å². The highest BCUT2D eigenvalue weighted by molar-refractivity contribution is 6.11. The summed E-state index contributed by atoms with van der Waals surface area (Å²) in [5, 5.41) is 12.8. The third-order valence-electron chi connectivity index (χ3n) is 6.50. The molecular weight excluding hydrogens is 487 g/mol. The molecule has 0 atom stereocenters. The highest BCUT2D eigenvalue weighted by Crippen LogP contribution is 2.25. The first kappa shape index (κ1) is 25.3. The fourth-order valence-electron chi connectivity index (χ4n) is 4.31. The second-order valence-electron chi connectivity index (χ2n) is 9.48. The SMILES string of the molecule is Cc1c(NC(=O)Nc2cnn(C(C)C)c2)ccc(C(=O)c2ccc3ncc(N4CCNCC4)nc3c2)c1F. The number of nitrogens with one attached hydrogen (secondary N) is 3. The number of halogens is 1. The summed E-state index contributed by atoms with van der Waals surface area (Å²) in [6.45, 7) is 8.85. The van der Waals surface area contributed by atoms with Crippen LogP contribution in [0, 0.1) is 12.7 Å². The minimum atomic E-state index is -0.693. The van der Waals surface area contributed by atoms with Crippen LogP contribution in [0.1, 0.15) is 41.4 Å². The van der Waals surface area contributed by atoms with Crippen molar-refractivity contribution in [3.8, 4) is 0 Å². The Hall–Kier alpha value is -4.38. The maximum absolute atomic E-state index is 15.3. The first-order valence-corrected chi connectivity index (χ1v) is 12.5. The Morgan fingerprint density at radius 1 is 1.05 bits per heavy atom.